The van der Waals surface area contributed by atoms with Crippen molar-refractivity contribution in [3.05, 3.63) is 0 Å². The summed E-state index contributed by atoms with van der Waals surface area (Å²) < 4.78 is 6.19. The zero-order valence-electron chi connectivity index (χ0n) is 13.8. The molecule has 1 atom stereocenters. The van der Waals surface area contributed by atoms with Crippen LogP contribution in [0.2, 0.25) is 18.1 Å². The Morgan fingerprint density at radius 1 is 1.35 bits per heavy atom. The Labute approximate surface area is 124 Å². The van der Waals surface area contributed by atoms with Gasteiger partial charge in [0.15, 0.2) is 8.32 Å². The molecule has 5 nitrogen and oxygen atoms in total. The molecule has 1 heterocycles. The lowest BCUT2D eigenvalue weighted by Crippen LogP contribution is -2.54. The molecular formula is C14H30N2O3Si. The third-order valence-electron chi connectivity index (χ3n) is 4.68. The van der Waals surface area contributed by atoms with Crippen LogP contribution in [-0.2, 0) is 4.43 Å². The van der Waals surface area contributed by atoms with Gasteiger partial charge < -0.3 is 14.4 Å². The molecule has 6 heteroatoms. The number of nitrogens with zero attached hydrogens (tertiary/aromatic N) is 2. The summed E-state index contributed by atoms with van der Waals surface area (Å²) in [5.41, 5.74) is 0. The lowest BCUT2D eigenvalue weighted by molar-refractivity contribution is 0.0659. The van der Waals surface area contributed by atoms with Crippen molar-refractivity contribution in [3.63, 3.8) is 0 Å². The molecule has 0 bridgehead atoms. The van der Waals surface area contributed by atoms with Crippen LogP contribution in [0.15, 0.2) is 0 Å². The highest BCUT2D eigenvalue weighted by atomic mass is 28.4. The first-order chi connectivity index (χ1) is 9.04. The molecule has 0 aromatic rings. The Bertz CT molecular complexity index is 342. The zero-order valence-corrected chi connectivity index (χ0v) is 14.8. The summed E-state index contributed by atoms with van der Waals surface area (Å²) in [5, 5.41) is 9.24. The molecular weight excluding hydrogens is 272 g/mol. The highest BCUT2D eigenvalue weighted by molar-refractivity contribution is 6.74. The highest BCUT2D eigenvalue weighted by Crippen LogP contribution is 2.36. The molecule has 1 N–H and O–H groups in total. The third-order valence-corrected chi connectivity index (χ3v) is 9.22. The Hall–Kier alpha value is -0.593. The van der Waals surface area contributed by atoms with E-state index in [9.17, 15) is 4.79 Å². The van der Waals surface area contributed by atoms with E-state index < -0.39 is 14.4 Å². The van der Waals surface area contributed by atoms with Crippen molar-refractivity contribution in [2.75, 3.05) is 32.8 Å². The van der Waals surface area contributed by atoms with Gasteiger partial charge in [-0.15, -0.1) is 0 Å². The quantitative estimate of drug-likeness (QED) is 0.811. The summed E-state index contributed by atoms with van der Waals surface area (Å²) in [7, 11) is -1.67. The number of hydrogen-bond acceptors (Lipinski definition) is 3. The summed E-state index contributed by atoms with van der Waals surface area (Å²) in [6.07, 6.45) is -0.811. The summed E-state index contributed by atoms with van der Waals surface area (Å²) in [6.45, 7) is 17.0. The van der Waals surface area contributed by atoms with E-state index in [1.807, 2.05) is 0 Å². The van der Waals surface area contributed by atoms with Gasteiger partial charge in [-0.3, -0.25) is 4.90 Å². The maximum absolute atomic E-state index is 11.0. The minimum absolute atomic E-state index is 0.237. The van der Waals surface area contributed by atoms with Crippen molar-refractivity contribution < 1.29 is 14.3 Å². The summed E-state index contributed by atoms with van der Waals surface area (Å²) in [5.74, 6) is 0. The zero-order chi connectivity index (χ0) is 15.6. The average molecular weight is 302 g/mol. The van der Waals surface area contributed by atoms with Gasteiger partial charge >= 0.3 is 6.09 Å². The van der Waals surface area contributed by atoms with E-state index in [0.29, 0.717) is 13.1 Å². The second kappa shape index (κ2) is 6.45. The number of hydrogen-bond donors (Lipinski definition) is 1. The van der Waals surface area contributed by atoms with Crippen LogP contribution in [-0.4, -0.2) is 68.1 Å². The number of carbonyl (C=O) groups is 1. The van der Waals surface area contributed by atoms with Crippen molar-refractivity contribution in [2.24, 2.45) is 0 Å². The normalized spacial score (nSPS) is 22.1. The summed E-state index contributed by atoms with van der Waals surface area (Å²) in [4.78, 5) is 14.8. The van der Waals surface area contributed by atoms with Crippen LogP contribution in [0.1, 0.15) is 27.7 Å². The fourth-order valence-corrected chi connectivity index (χ4v) is 3.17. The first-order valence-corrected chi connectivity index (χ1v) is 10.3. The first kappa shape index (κ1) is 17.5. The van der Waals surface area contributed by atoms with Gasteiger partial charge in [0.1, 0.15) is 0 Å². The number of carboxylic acid groups (broad SMARTS) is 1. The van der Waals surface area contributed by atoms with Gasteiger partial charge in [0, 0.05) is 38.8 Å². The van der Waals surface area contributed by atoms with Crippen molar-refractivity contribution in [2.45, 2.75) is 51.9 Å². The minimum Gasteiger partial charge on any atom is -0.465 e. The first-order valence-electron chi connectivity index (χ1n) is 7.40. The van der Waals surface area contributed by atoms with E-state index in [1.165, 1.54) is 4.90 Å². The molecule has 1 saturated heterocycles. The molecule has 0 saturated carbocycles. The monoisotopic (exact) mass is 302 g/mol. The maximum atomic E-state index is 11.0. The van der Waals surface area contributed by atoms with Crippen LogP contribution >= 0.6 is 0 Å². The van der Waals surface area contributed by atoms with Crippen molar-refractivity contribution in [1.82, 2.24) is 9.80 Å². The average Bonchev–Trinajstić information content (AvgIpc) is 2.29. The van der Waals surface area contributed by atoms with Crippen LogP contribution < -0.4 is 0 Å². The predicted molar refractivity (Wildman–Crippen MR) is 83.8 cm³/mol. The Morgan fingerprint density at radius 3 is 2.40 bits per heavy atom. The van der Waals surface area contributed by atoms with E-state index in [1.54, 1.807) is 0 Å². The molecule has 1 aliphatic rings. The molecule has 1 rings (SSSR count). The number of rotatable bonds is 4. The Kier molecular flexibility index (Phi) is 5.63. The topological polar surface area (TPSA) is 53.0 Å². The van der Waals surface area contributed by atoms with E-state index in [2.05, 4.69) is 45.7 Å². The number of amides is 1. The largest absolute Gasteiger partial charge is 0.465 e. The summed E-state index contributed by atoms with van der Waals surface area (Å²) in [6, 6.07) is 0.267. The summed E-state index contributed by atoms with van der Waals surface area (Å²) >= 11 is 0. The fraction of sp³-hybridized carbons (Fsp3) is 0.929. The molecule has 1 fully saturated rings. The molecule has 1 aliphatic heterocycles. The van der Waals surface area contributed by atoms with Crippen molar-refractivity contribution in [3.8, 4) is 0 Å². The highest BCUT2D eigenvalue weighted by Gasteiger charge is 2.37. The molecule has 0 radical (unpaired) electrons. The van der Waals surface area contributed by atoms with Gasteiger partial charge in [0.2, 0.25) is 0 Å². The fourth-order valence-electron chi connectivity index (χ4n) is 2.14. The van der Waals surface area contributed by atoms with E-state index in [0.717, 1.165) is 19.7 Å². The van der Waals surface area contributed by atoms with Crippen LogP contribution in [0.5, 0.6) is 0 Å². The molecule has 0 aliphatic carbocycles. The van der Waals surface area contributed by atoms with Gasteiger partial charge in [0.05, 0.1) is 0 Å². The smallest absolute Gasteiger partial charge is 0.407 e. The standard InChI is InChI=1S/C14H30N2O3Si/c1-12-11-16(13(17)18)8-7-15(12)9-10-19-20(5,6)14(2,3)4/h12H,7-11H2,1-6H3,(H,17,18). The van der Waals surface area contributed by atoms with E-state index >= 15 is 0 Å². The minimum atomic E-state index is -1.67. The second-order valence-electron chi connectivity index (χ2n) is 7.22. The lowest BCUT2D eigenvalue weighted by Gasteiger charge is -2.40. The van der Waals surface area contributed by atoms with E-state index in [-0.39, 0.29) is 11.1 Å². The van der Waals surface area contributed by atoms with Gasteiger partial charge in [-0.25, -0.2) is 4.79 Å². The third kappa shape index (κ3) is 4.46. The number of piperazine rings is 1. The Morgan fingerprint density at radius 2 is 1.95 bits per heavy atom. The molecule has 1 amide bonds. The van der Waals surface area contributed by atoms with Crippen LogP contribution in [0, 0.1) is 0 Å². The Balaban J connectivity index is 2.39. The van der Waals surface area contributed by atoms with Crippen molar-refractivity contribution >= 4 is 14.4 Å². The molecule has 118 valence electrons. The molecule has 20 heavy (non-hydrogen) atoms. The van der Waals surface area contributed by atoms with Gasteiger partial charge in [-0.1, -0.05) is 20.8 Å². The lowest BCUT2D eigenvalue weighted by atomic mass is 10.2. The molecule has 0 aromatic carbocycles. The maximum Gasteiger partial charge on any atom is 0.407 e. The molecule has 0 aromatic heterocycles. The van der Waals surface area contributed by atoms with Crippen LogP contribution in [0.4, 0.5) is 4.79 Å². The van der Waals surface area contributed by atoms with Gasteiger partial charge in [-0.2, -0.15) is 0 Å². The van der Waals surface area contributed by atoms with Crippen molar-refractivity contribution in [1.29, 1.82) is 0 Å². The van der Waals surface area contributed by atoms with E-state index in [4.69, 9.17) is 9.53 Å². The second-order valence-corrected chi connectivity index (χ2v) is 12.0. The van der Waals surface area contributed by atoms with Crippen LogP contribution in [0.3, 0.4) is 0 Å². The van der Waals surface area contributed by atoms with Gasteiger partial charge in [-0.05, 0) is 25.1 Å². The SMILES string of the molecule is CC1CN(C(=O)O)CCN1CCO[Si](C)(C)C(C)(C)C. The van der Waals surface area contributed by atoms with Gasteiger partial charge in [0.25, 0.3) is 0 Å². The molecule has 0 spiro atoms. The molecule has 1 unspecified atom stereocenters. The van der Waals surface area contributed by atoms with Crippen LogP contribution in [0.25, 0.3) is 0 Å². The predicted octanol–water partition coefficient (Wildman–Crippen LogP) is 2.69.